The lowest BCUT2D eigenvalue weighted by atomic mass is 10.0. The minimum atomic E-state index is -1.23. The molecule has 0 fully saturated rings. The molecule has 4 heteroatoms. The van der Waals surface area contributed by atoms with Crippen molar-refractivity contribution in [2.45, 2.75) is 11.4 Å². The van der Waals surface area contributed by atoms with Gasteiger partial charge in [0, 0.05) is 19.6 Å². The van der Waals surface area contributed by atoms with Crippen molar-refractivity contribution < 1.29 is 4.21 Å². The molecule has 0 aliphatic heterocycles. The number of rotatable bonds is 7. The standard InChI is InChI=1S/C25H26N2OS/c1-26(2)16-17-27(19-23-12-7-11-21-9-5-6-13-25(21)23)29(28)24-15-14-20-8-3-4-10-22(20)18-24/h3-15,18H,16-17,19H2,1-2H3. The first kappa shape index (κ1) is 19.8. The number of nitrogens with zero attached hydrogens (tertiary/aromatic N) is 2. The van der Waals surface area contributed by atoms with Gasteiger partial charge in [0.25, 0.3) is 0 Å². The molecule has 0 aliphatic rings. The maximum atomic E-state index is 13.6. The lowest BCUT2D eigenvalue weighted by Gasteiger charge is -2.24. The Morgan fingerprint density at radius 1 is 0.724 bits per heavy atom. The summed E-state index contributed by atoms with van der Waals surface area (Å²) in [6.45, 7) is 2.23. The van der Waals surface area contributed by atoms with Gasteiger partial charge in [-0.25, -0.2) is 8.51 Å². The molecule has 4 aromatic carbocycles. The first-order valence-corrected chi connectivity index (χ1v) is 11.0. The van der Waals surface area contributed by atoms with E-state index in [4.69, 9.17) is 0 Å². The zero-order chi connectivity index (χ0) is 20.2. The molecule has 0 saturated heterocycles. The molecule has 0 aliphatic carbocycles. The molecule has 148 valence electrons. The van der Waals surface area contributed by atoms with Crippen molar-refractivity contribution in [3.63, 3.8) is 0 Å². The number of benzene rings is 4. The molecule has 0 bridgehead atoms. The van der Waals surface area contributed by atoms with Crippen LogP contribution in [-0.2, 0) is 17.5 Å². The fraction of sp³-hybridized carbons (Fsp3) is 0.200. The second kappa shape index (κ2) is 8.87. The predicted molar refractivity (Wildman–Crippen MR) is 123 cm³/mol. The van der Waals surface area contributed by atoms with Crippen LogP contribution in [0.4, 0.5) is 0 Å². The minimum absolute atomic E-state index is 0.647. The molecule has 3 nitrogen and oxygen atoms in total. The van der Waals surface area contributed by atoms with E-state index < -0.39 is 11.0 Å². The zero-order valence-electron chi connectivity index (χ0n) is 16.9. The van der Waals surface area contributed by atoms with Gasteiger partial charge in [-0.2, -0.15) is 0 Å². The van der Waals surface area contributed by atoms with Crippen LogP contribution in [0.3, 0.4) is 0 Å². The Hall–Kier alpha value is -2.53. The smallest absolute Gasteiger partial charge is 0.127 e. The zero-order valence-corrected chi connectivity index (χ0v) is 17.7. The van der Waals surface area contributed by atoms with Gasteiger partial charge in [-0.05, 0) is 53.3 Å². The summed E-state index contributed by atoms with van der Waals surface area (Å²) in [5, 5.41) is 4.73. The Labute approximate surface area is 175 Å². The third-order valence-corrected chi connectivity index (χ3v) is 6.62. The Bertz CT molecular complexity index is 1150. The van der Waals surface area contributed by atoms with Crippen LogP contribution < -0.4 is 0 Å². The van der Waals surface area contributed by atoms with Crippen LogP contribution in [0, 0.1) is 0 Å². The van der Waals surface area contributed by atoms with E-state index in [-0.39, 0.29) is 0 Å². The fourth-order valence-electron chi connectivity index (χ4n) is 3.58. The fourth-order valence-corrected chi connectivity index (χ4v) is 4.79. The summed E-state index contributed by atoms with van der Waals surface area (Å²) in [5.41, 5.74) is 1.20. The van der Waals surface area contributed by atoms with Gasteiger partial charge in [-0.3, -0.25) is 0 Å². The molecule has 1 unspecified atom stereocenters. The first-order chi connectivity index (χ1) is 14.1. The average molecular weight is 403 g/mol. The van der Waals surface area contributed by atoms with E-state index in [1.165, 1.54) is 21.7 Å². The lowest BCUT2D eigenvalue weighted by Crippen LogP contribution is -2.33. The number of likely N-dealkylation sites (N-methyl/N-ethyl adjacent to an activating group) is 1. The molecule has 29 heavy (non-hydrogen) atoms. The van der Waals surface area contributed by atoms with E-state index in [9.17, 15) is 4.21 Å². The minimum Gasteiger partial charge on any atom is -0.308 e. The number of hydrogen-bond acceptors (Lipinski definition) is 2. The maximum Gasteiger partial charge on any atom is 0.127 e. The number of fused-ring (bicyclic) bond motifs is 2. The third kappa shape index (κ3) is 4.56. The number of hydrogen-bond donors (Lipinski definition) is 0. The topological polar surface area (TPSA) is 23.6 Å². The van der Waals surface area contributed by atoms with Crippen LogP contribution in [0.5, 0.6) is 0 Å². The largest absolute Gasteiger partial charge is 0.308 e. The summed E-state index contributed by atoms with van der Waals surface area (Å²) < 4.78 is 15.6. The van der Waals surface area contributed by atoms with Gasteiger partial charge in [-0.15, -0.1) is 0 Å². The van der Waals surface area contributed by atoms with Crippen molar-refractivity contribution in [3.05, 3.63) is 90.5 Å². The summed E-state index contributed by atoms with van der Waals surface area (Å²) in [4.78, 5) is 2.98. The Morgan fingerprint density at radius 2 is 1.41 bits per heavy atom. The molecule has 0 saturated carbocycles. The quantitative estimate of drug-likeness (QED) is 0.430. The summed E-state index contributed by atoms with van der Waals surface area (Å²) in [6.07, 6.45) is 0. The van der Waals surface area contributed by atoms with E-state index in [2.05, 4.69) is 90.0 Å². The van der Waals surface area contributed by atoms with Crippen molar-refractivity contribution in [1.82, 2.24) is 9.21 Å². The molecular weight excluding hydrogens is 376 g/mol. The van der Waals surface area contributed by atoms with Gasteiger partial charge in [0.15, 0.2) is 0 Å². The maximum absolute atomic E-state index is 13.6. The summed E-state index contributed by atoms with van der Waals surface area (Å²) in [7, 11) is 2.87. The van der Waals surface area contributed by atoms with Gasteiger partial charge >= 0.3 is 0 Å². The van der Waals surface area contributed by atoms with Crippen molar-refractivity contribution in [2.75, 3.05) is 27.2 Å². The SMILES string of the molecule is CN(C)CCN(Cc1cccc2ccccc12)S(=O)c1ccc2ccccc2c1. The first-order valence-electron chi connectivity index (χ1n) is 9.89. The van der Waals surface area contributed by atoms with Crippen LogP contribution >= 0.6 is 0 Å². The highest BCUT2D eigenvalue weighted by atomic mass is 32.2. The predicted octanol–water partition coefficient (Wildman–Crippen LogP) is 5.08. The van der Waals surface area contributed by atoms with Crippen molar-refractivity contribution in [3.8, 4) is 0 Å². The van der Waals surface area contributed by atoms with E-state index in [1.54, 1.807) is 0 Å². The normalized spacial score (nSPS) is 12.8. The lowest BCUT2D eigenvalue weighted by molar-refractivity contribution is 0.340. The molecule has 4 aromatic rings. The molecule has 0 spiro atoms. The van der Waals surface area contributed by atoms with Crippen molar-refractivity contribution in [1.29, 1.82) is 0 Å². The van der Waals surface area contributed by atoms with E-state index in [0.29, 0.717) is 6.54 Å². The van der Waals surface area contributed by atoms with Crippen LogP contribution in [-0.4, -0.2) is 40.6 Å². The second-order valence-electron chi connectivity index (χ2n) is 7.56. The van der Waals surface area contributed by atoms with Crippen LogP contribution in [0.2, 0.25) is 0 Å². The van der Waals surface area contributed by atoms with E-state index >= 15 is 0 Å². The van der Waals surface area contributed by atoms with Gasteiger partial charge in [-0.1, -0.05) is 72.8 Å². The van der Waals surface area contributed by atoms with Gasteiger partial charge in [0.1, 0.15) is 11.0 Å². The molecule has 0 amide bonds. The Morgan fingerprint density at radius 3 is 2.21 bits per heavy atom. The molecule has 0 N–H and O–H groups in total. The molecular formula is C25H26N2OS. The van der Waals surface area contributed by atoms with Crippen LogP contribution in [0.25, 0.3) is 21.5 Å². The van der Waals surface area contributed by atoms with Crippen molar-refractivity contribution in [2.24, 2.45) is 0 Å². The van der Waals surface area contributed by atoms with Crippen LogP contribution in [0.15, 0.2) is 89.8 Å². The molecule has 4 rings (SSSR count). The highest BCUT2D eigenvalue weighted by molar-refractivity contribution is 7.82. The summed E-state index contributed by atoms with van der Waals surface area (Å²) >= 11 is 0. The third-order valence-electron chi connectivity index (χ3n) is 5.18. The average Bonchev–Trinajstić information content (AvgIpc) is 2.75. The highest BCUT2D eigenvalue weighted by Crippen LogP contribution is 2.24. The molecule has 1 atom stereocenters. The Balaban J connectivity index is 1.67. The highest BCUT2D eigenvalue weighted by Gasteiger charge is 2.17. The summed E-state index contributed by atoms with van der Waals surface area (Å²) in [5.74, 6) is 0. The van der Waals surface area contributed by atoms with Gasteiger partial charge < -0.3 is 4.90 Å². The monoisotopic (exact) mass is 402 g/mol. The second-order valence-corrected chi connectivity index (χ2v) is 9.05. The van der Waals surface area contributed by atoms with Crippen LogP contribution in [0.1, 0.15) is 5.56 Å². The molecule has 0 aromatic heterocycles. The van der Waals surface area contributed by atoms with E-state index in [0.717, 1.165) is 23.4 Å². The van der Waals surface area contributed by atoms with Gasteiger partial charge in [0.2, 0.25) is 0 Å². The molecule has 0 heterocycles. The van der Waals surface area contributed by atoms with Crippen molar-refractivity contribution >= 4 is 32.5 Å². The Kier molecular flexibility index (Phi) is 6.05. The molecule has 0 radical (unpaired) electrons. The summed E-state index contributed by atoms with van der Waals surface area (Å²) in [6, 6.07) is 29.1. The van der Waals surface area contributed by atoms with Gasteiger partial charge in [0.05, 0.1) is 4.90 Å². The van der Waals surface area contributed by atoms with E-state index in [1.807, 2.05) is 18.2 Å².